The van der Waals surface area contributed by atoms with Gasteiger partial charge >= 0.3 is 0 Å². The second-order valence-corrected chi connectivity index (χ2v) is 18.3. The van der Waals surface area contributed by atoms with Gasteiger partial charge in [-0.1, -0.05) is 129 Å². The van der Waals surface area contributed by atoms with Gasteiger partial charge in [-0.15, -0.1) is 22.7 Å². The summed E-state index contributed by atoms with van der Waals surface area (Å²) in [5.41, 5.74) is 3.67. The van der Waals surface area contributed by atoms with Gasteiger partial charge in [0.15, 0.2) is 11.6 Å². The molecule has 0 amide bonds. The highest BCUT2D eigenvalue weighted by atomic mass is 79.9. The Kier molecular flexibility index (Phi) is 17.8. The number of unbranched alkanes of at least 4 members (excludes halogenated alkanes) is 18. The summed E-state index contributed by atoms with van der Waals surface area (Å²) in [5.74, 6) is -1.67. The molecule has 0 bridgehead atoms. The second-order valence-electron chi connectivity index (χ2n) is 13.0. The van der Waals surface area contributed by atoms with Crippen LogP contribution in [0.2, 0.25) is 0 Å². The summed E-state index contributed by atoms with van der Waals surface area (Å²) in [5, 5.41) is 0. The molecule has 0 fully saturated rings. The fourth-order valence-corrected chi connectivity index (χ4v) is 10.6. The monoisotopic (exact) mass is 828 g/mol. The summed E-state index contributed by atoms with van der Waals surface area (Å²) in [7, 11) is 0. The molecule has 0 saturated heterocycles. The van der Waals surface area contributed by atoms with Gasteiger partial charge in [0.2, 0.25) is 0 Å². The lowest BCUT2D eigenvalue weighted by atomic mass is 10.0. The van der Waals surface area contributed by atoms with Gasteiger partial charge in [0.05, 0.1) is 30.4 Å². The molecule has 0 N–H and O–H groups in total. The largest absolute Gasteiger partial charge is 0.203 e. The lowest BCUT2D eigenvalue weighted by molar-refractivity contribution is 0.516. The van der Waals surface area contributed by atoms with E-state index < -0.39 is 11.6 Å². The van der Waals surface area contributed by atoms with Crippen molar-refractivity contribution in [2.45, 2.75) is 155 Å². The number of fused-ring (bicyclic) bond motifs is 1. The van der Waals surface area contributed by atoms with Gasteiger partial charge in [0.25, 0.3) is 0 Å². The number of thiophene rings is 2. The molecule has 3 heterocycles. The van der Waals surface area contributed by atoms with Gasteiger partial charge in [-0.05, 0) is 80.8 Å². The van der Waals surface area contributed by atoms with E-state index in [9.17, 15) is 0 Å². The number of hydrogen-bond acceptors (Lipinski definition) is 5. The van der Waals surface area contributed by atoms with Gasteiger partial charge in [0.1, 0.15) is 11.0 Å². The summed E-state index contributed by atoms with van der Waals surface area (Å²) in [6, 6.07) is 4.04. The molecule has 2 nitrogen and oxygen atoms in total. The van der Waals surface area contributed by atoms with Crippen molar-refractivity contribution in [1.82, 2.24) is 8.75 Å². The molecule has 3 aromatic heterocycles. The van der Waals surface area contributed by atoms with E-state index in [0.717, 1.165) is 56.1 Å². The third-order valence-corrected chi connectivity index (χ3v) is 13.7. The fraction of sp³-hybridized carbons (Fsp3) is 0.632. The number of hydrogen-bond donors (Lipinski definition) is 0. The van der Waals surface area contributed by atoms with Crippen LogP contribution in [-0.2, 0) is 12.8 Å². The van der Waals surface area contributed by atoms with Crippen molar-refractivity contribution in [1.29, 1.82) is 0 Å². The summed E-state index contributed by atoms with van der Waals surface area (Å²) in [4.78, 5) is 1.40. The topological polar surface area (TPSA) is 25.8 Å². The Bertz CT molecular complexity index is 1390. The Balaban J connectivity index is 1.35. The normalized spacial score (nSPS) is 11.8. The molecule has 0 unspecified atom stereocenters. The maximum absolute atomic E-state index is 16.0. The molecule has 1 aromatic carbocycles. The van der Waals surface area contributed by atoms with Gasteiger partial charge < -0.3 is 0 Å². The zero-order valence-corrected chi connectivity index (χ0v) is 34.0. The van der Waals surface area contributed by atoms with Gasteiger partial charge in [-0.3, -0.25) is 0 Å². The van der Waals surface area contributed by atoms with E-state index in [-0.39, 0.29) is 11.1 Å². The summed E-state index contributed by atoms with van der Waals surface area (Å²) in [6.07, 6.45) is 27.7. The molecular weight excluding hydrogens is 778 g/mol. The Labute approximate surface area is 311 Å². The van der Waals surface area contributed by atoms with Crippen LogP contribution < -0.4 is 0 Å². The van der Waals surface area contributed by atoms with E-state index in [2.05, 4.69) is 54.5 Å². The number of aromatic nitrogens is 2. The third kappa shape index (κ3) is 11.7. The standard InChI is InChI=1S/C38H52Br2F2N2S3/c1-3-5-7-9-11-13-15-17-19-21-23-27-25-29(45-37(27)39)31-33(41)34(42)32(36-35(31)43-47-44-36)30-26-28(38(40)46-30)24-22-20-18-16-14-12-10-8-6-4-2/h25-26H,3-24H2,1-2H3. The SMILES string of the molecule is CCCCCCCCCCCCc1cc(-c2c(F)c(F)c(-c3cc(CCCCCCCCCCCC)c(Br)s3)c3nsnc23)sc1Br. The first kappa shape index (κ1) is 39.1. The van der Waals surface area contributed by atoms with Gasteiger partial charge in [0, 0.05) is 9.75 Å². The van der Waals surface area contributed by atoms with Crippen LogP contribution in [0.1, 0.15) is 153 Å². The van der Waals surface area contributed by atoms with Crippen LogP contribution in [-0.4, -0.2) is 8.75 Å². The molecule has 9 heteroatoms. The Morgan fingerprint density at radius 1 is 0.511 bits per heavy atom. The van der Waals surface area contributed by atoms with Crippen LogP contribution in [0.25, 0.3) is 31.9 Å². The number of aryl methyl sites for hydroxylation is 2. The van der Waals surface area contributed by atoms with Crippen molar-refractivity contribution in [3.05, 3.63) is 42.5 Å². The molecule has 0 saturated carbocycles. The lowest BCUT2D eigenvalue weighted by Crippen LogP contribution is -1.95. The first-order chi connectivity index (χ1) is 23.0. The highest BCUT2D eigenvalue weighted by molar-refractivity contribution is 9.11. The van der Waals surface area contributed by atoms with Crippen molar-refractivity contribution in [3.63, 3.8) is 0 Å². The van der Waals surface area contributed by atoms with Crippen LogP contribution in [0, 0.1) is 11.6 Å². The van der Waals surface area contributed by atoms with E-state index in [1.54, 1.807) is 0 Å². The fourth-order valence-electron chi connectivity index (χ4n) is 6.40. The van der Waals surface area contributed by atoms with E-state index in [0.29, 0.717) is 20.8 Å². The second kappa shape index (κ2) is 21.5. The predicted octanol–water partition coefficient (Wildman–Crippen LogP) is 15.9. The van der Waals surface area contributed by atoms with Crippen molar-refractivity contribution in [3.8, 4) is 20.9 Å². The van der Waals surface area contributed by atoms with Crippen molar-refractivity contribution in [2.24, 2.45) is 0 Å². The Morgan fingerprint density at radius 3 is 1.17 bits per heavy atom. The van der Waals surface area contributed by atoms with Crippen LogP contribution >= 0.6 is 66.3 Å². The Hall–Kier alpha value is -0.740. The molecule has 260 valence electrons. The molecule has 0 aliphatic carbocycles. The average molecular weight is 831 g/mol. The molecule has 0 aliphatic rings. The molecule has 0 aliphatic heterocycles. The van der Waals surface area contributed by atoms with Crippen molar-refractivity contribution in [2.75, 3.05) is 0 Å². The smallest absolute Gasteiger partial charge is 0.170 e. The summed E-state index contributed by atoms with van der Waals surface area (Å²) < 4.78 is 43.0. The van der Waals surface area contributed by atoms with Crippen molar-refractivity contribution >= 4 is 77.3 Å². The minimum Gasteiger partial charge on any atom is -0.203 e. The highest BCUT2D eigenvalue weighted by Gasteiger charge is 2.27. The van der Waals surface area contributed by atoms with E-state index in [1.165, 1.54) is 138 Å². The molecule has 0 radical (unpaired) electrons. The maximum atomic E-state index is 16.0. The van der Waals surface area contributed by atoms with Crippen molar-refractivity contribution < 1.29 is 8.78 Å². The molecule has 47 heavy (non-hydrogen) atoms. The van der Waals surface area contributed by atoms with Crippen LogP contribution in [0.4, 0.5) is 8.78 Å². The molecule has 4 rings (SSSR count). The zero-order chi connectivity index (χ0) is 33.4. The lowest BCUT2D eigenvalue weighted by Gasteiger charge is -2.08. The van der Waals surface area contributed by atoms with Gasteiger partial charge in [-0.25, -0.2) is 8.78 Å². The maximum Gasteiger partial charge on any atom is 0.170 e. The molecule has 0 atom stereocenters. The number of halogens is 4. The molecule has 0 spiro atoms. The minimum atomic E-state index is -0.833. The van der Waals surface area contributed by atoms with Crippen LogP contribution in [0.15, 0.2) is 19.7 Å². The van der Waals surface area contributed by atoms with Crippen LogP contribution in [0.5, 0.6) is 0 Å². The molecular formula is C38H52Br2F2N2S3. The zero-order valence-electron chi connectivity index (χ0n) is 28.3. The quantitative estimate of drug-likeness (QED) is 0.0658. The van der Waals surface area contributed by atoms with E-state index in [1.807, 2.05) is 12.1 Å². The van der Waals surface area contributed by atoms with E-state index in [4.69, 9.17) is 0 Å². The first-order valence-electron chi connectivity index (χ1n) is 18.2. The Morgan fingerprint density at radius 2 is 0.830 bits per heavy atom. The number of rotatable bonds is 24. The van der Waals surface area contributed by atoms with E-state index >= 15 is 8.78 Å². The first-order valence-corrected chi connectivity index (χ1v) is 22.1. The third-order valence-electron chi connectivity index (χ3n) is 9.20. The van der Waals surface area contributed by atoms with Crippen LogP contribution in [0.3, 0.4) is 0 Å². The van der Waals surface area contributed by atoms with Gasteiger partial charge in [-0.2, -0.15) is 8.75 Å². The number of nitrogens with zero attached hydrogens (tertiary/aromatic N) is 2. The summed E-state index contributed by atoms with van der Waals surface area (Å²) in [6.45, 7) is 4.52. The predicted molar refractivity (Wildman–Crippen MR) is 210 cm³/mol. The number of benzene rings is 1. The minimum absolute atomic E-state index is 0.233. The highest BCUT2D eigenvalue weighted by Crippen LogP contribution is 2.46. The average Bonchev–Trinajstić information content (AvgIpc) is 3.78. The molecule has 4 aromatic rings. The summed E-state index contributed by atoms with van der Waals surface area (Å²) >= 11 is 11.4.